The van der Waals surface area contributed by atoms with E-state index >= 15 is 0 Å². The Bertz CT molecular complexity index is 361. The van der Waals surface area contributed by atoms with Crippen LogP contribution in [0.5, 0.6) is 0 Å². The lowest BCUT2D eigenvalue weighted by Crippen LogP contribution is -2.22. The van der Waals surface area contributed by atoms with Crippen LogP contribution >= 0.6 is 11.8 Å². The molecule has 1 rings (SSSR count). The zero-order valence-electron chi connectivity index (χ0n) is 9.17. The average molecular weight is 245 g/mol. The summed E-state index contributed by atoms with van der Waals surface area (Å²) in [5, 5.41) is 0. The molecule has 88 valence electrons. The molecule has 0 fully saturated rings. The van der Waals surface area contributed by atoms with Gasteiger partial charge in [-0.15, -0.1) is 0 Å². The highest BCUT2D eigenvalue weighted by molar-refractivity contribution is 7.98. The Kier molecular flexibility index (Phi) is 4.73. The van der Waals surface area contributed by atoms with E-state index in [1.54, 1.807) is 18.8 Å². The van der Waals surface area contributed by atoms with Crippen LogP contribution in [0.15, 0.2) is 12.1 Å². The van der Waals surface area contributed by atoms with Gasteiger partial charge in [-0.1, -0.05) is 0 Å². The first-order valence-corrected chi connectivity index (χ1v) is 6.13. The van der Waals surface area contributed by atoms with Crippen molar-refractivity contribution in [3.63, 3.8) is 0 Å². The van der Waals surface area contributed by atoms with Crippen LogP contribution in [-0.2, 0) is 0 Å². The monoisotopic (exact) mass is 245 g/mol. The van der Waals surface area contributed by atoms with Gasteiger partial charge in [0, 0.05) is 24.9 Å². The molecule has 0 saturated heterocycles. The minimum absolute atomic E-state index is 0.0111. The van der Waals surface area contributed by atoms with Gasteiger partial charge >= 0.3 is 0 Å². The molecule has 2 nitrogen and oxygen atoms in total. The third kappa shape index (κ3) is 2.95. The van der Waals surface area contributed by atoms with Crippen molar-refractivity contribution in [2.45, 2.75) is 0 Å². The van der Waals surface area contributed by atoms with E-state index < -0.39 is 11.6 Å². The van der Waals surface area contributed by atoms with Gasteiger partial charge in [-0.05, 0) is 18.4 Å². The molecule has 0 saturated carbocycles. The molecule has 1 aromatic rings. The van der Waals surface area contributed by atoms with Gasteiger partial charge < -0.3 is 4.90 Å². The third-order valence-electron chi connectivity index (χ3n) is 2.19. The molecule has 16 heavy (non-hydrogen) atoms. The van der Waals surface area contributed by atoms with Crippen molar-refractivity contribution in [2.75, 3.05) is 30.5 Å². The van der Waals surface area contributed by atoms with Crippen molar-refractivity contribution in [1.82, 2.24) is 0 Å². The van der Waals surface area contributed by atoms with E-state index in [1.165, 1.54) is 4.90 Å². The predicted octanol–water partition coefficient (Wildman–Crippen LogP) is 2.58. The molecule has 0 spiro atoms. The number of halogens is 2. The summed E-state index contributed by atoms with van der Waals surface area (Å²) in [5.74, 6) is -0.624. The number of aldehydes is 1. The Labute approximate surface area is 97.6 Å². The number of thioether (sulfide) groups is 1. The van der Waals surface area contributed by atoms with E-state index in [0.717, 1.165) is 17.9 Å². The van der Waals surface area contributed by atoms with Gasteiger partial charge in [0.15, 0.2) is 0 Å². The molecule has 0 bridgehead atoms. The van der Waals surface area contributed by atoms with Gasteiger partial charge in [0.25, 0.3) is 0 Å². The molecule has 0 aliphatic rings. The van der Waals surface area contributed by atoms with Crippen LogP contribution in [0.2, 0.25) is 0 Å². The molecule has 0 aliphatic heterocycles. The minimum atomic E-state index is -0.703. The lowest BCUT2D eigenvalue weighted by atomic mass is 10.2. The number of carbonyl (C=O) groups excluding carboxylic acids is 1. The molecular formula is C11H13F2NOS. The van der Waals surface area contributed by atoms with E-state index in [9.17, 15) is 13.6 Å². The largest absolute Gasteiger partial charge is 0.369 e. The van der Waals surface area contributed by atoms with Crippen LogP contribution in [0.4, 0.5) is 14.5 Å². The predicted molar refractivity (Wildman–Crippen MR) is 63.4 cm³/mol. The highest BCUT2D eigenvalue weighted by atomic mass is 32.2. The Morgan fingerprint density at radius 1 is 1.38 bits per heavy atom. The van der Waals surface area contributed by atoms with Crippen LogP contribution in [0, 0.1) is 11.6 Å². The summed E-state index contributed by atoms with van der Waals surface area (Å²) < 4.78 is 27.1. The summed E-state index contributed by atoms with van der Waals surface area (Å²) in [6, 6.07) is 2.09. The van der Waals surface area contributed by atoms with Crippen LogP contribution in [-0.4, -0.2) is 31.9 Å². The fourth-order valence-corrected chi connectivity index (χ4v) is 1.81. The molecule has 0 radical (unpaired) electrons. The molecule has 0 aromatic heterocycles. The smallest absolute Gasteiger partial charge is 0.150 e. The lowest BCUT2D eigenvalue weighted by Gasteiger charge is -2.20. The highest BCUT2D eigenvalue weighted by Gasteiger charge is 2.14. The number of benzene rings is 1. The standard InChI is InChI=1S/C11H13F2NOS/c1-14(3-4-16-2)11-9(12)5-8(7-15)6-10(11)13/h5-7H,3-4H2,1-2H3. The summed E-state index contributed by atoms with van der Waals surface area (Å²) >= 11 is 1.60. The molecule has 0 aliphatic carbocycles. The maximum Gasteiger partial charge on any atom is 0.150 e. The number of carbonyl (C=O) groups is 1. The van der Waals surface area contributed by atoms with Crippen molar-refractivity contribution >= 4 is 23.7 Å². The van der Waals surface area contributed by atoms with E-state index in [0.29, 0.717) is 12.8 Å². The first-order chi connectivity index (χ1) is 7.60. The Hall–Kier alpha value is -1.10. The van der Waals surface area contributed by atoms with E-state index in [4.69, 9.17) is 0 Å². The summed E-state index contributed by atoms with van der Waals surface area (Å²) in [7, 11) is 1.62. The zero-order valence-corrected chi connectivity index (χ0v) is 9.98. The van der Waals surface area contributed by atoms with Crippen LogP contribution in [0.25, 0.3) is 0 Å². The Balaban J connectivity index is 2.99. The summed E-state index contributed by atoms with van der Waals surface area (Å²) in [6.07, 6.45) is 2.36. The number of hydrogen-bond donors (Lipinski definition) is 0. The Morgan fingerprint density at radius 2 is 1.94 bits per heavy atom. The number of hydrogen-bond acceptors (Lipinski definition) is 3. The highest BCUT2D eigenvalue weighted by Crippen LogP contribution is 2.23. The fourth-order valence-electron chi connectivity index (χ4n) is 1.36. The molecule has 0 N–H and O–H groups in total. The van der Waals surface area contributed by atoms with Crippen molar-refractivity contribution in [3.05, 3.63) is 29.3 Å². The first kappa shape index (κ1) is 13.0. The van der Waals surface area contributed by atoms with Gasteiger partial charge in [-0.25, -0.2) is 8.78 Å². The van der Waals surface area contributed by atoms with Gasteiger partial charge in [0.05, 0.1) is 0 Å². The van der Waals surface area contributed by atoms with E-state index in [1.807, 2.05) is 6.26 Å². The summed E-state index contributed by atoms with van der Waals surface area (Å²) in [5.41, 5.74) is -0.0725. The molecule has 0 unspecified atom stereocenters. The van der Waals surface area contributed by atoms with Crippen LogP contribution < -0.4 is 4.90 Å². The maximum atomic E-state index is 13.5. The Morgan fingerprint density at radius 3 is 2.38 bits per heavy atom. The summed E-state index contributed by atoms with van der Waals surface area (Å²) in [4.78, 5) is 11.9. The molecule has 5 heteroatoms. The number of rotatable bonds is 5. The minimum Gasteiger partial charge on any atom is -0.369 e. The van der Waals surface area contributed by atoms with Crippen molar-refractivity contribution in [3.8, 4) is 0 Å². The quantitative estimate of drug-likeness (QED) is 0.744. The van der Waals surface area contributed by atoms with Crippen LogP contribution in [0.3, 0.4) is 0 Å². The van der Waals surface area contributed by atoms with Crippen molar-refractivity contribution in [1.29, 1.82) is 0 Å². The SMILES string of the molecule is CSCCN(C)c1c(F)cc(C=O)cc1F. The molecule has 1 aromatic carbocycles. The normalized spacial score (nSPS) is 10.2. The molecule has 0 heterocycles. The number of anilines is 1. The molecule has 0 atom stereocenters. The number of nitrogens with zero attached hydrogens (tertiary/aromatic N) is 1. The zero-order chi connectivity index (χ0) is 12.1. The maximum absolute atomic E-state index is 13.5. The van der Waals surface area contributed by atoms with Gasteiger partial charge in [-0.2, -0.15) is 11.8 Å². The summed E-state index contributed by atoms with van der Waals surface area (Å²) in [6.45, 7) is 0.551. The second-order valence-corrected chi connectivity index (χ2v) is 4.35. The average Bonchev–Trinajstić information content (AvgIpc) is 2.25. The third-order valence-corrected chi connectivity index (χ3v) is 2.78. The van der Waals surface area contributed by atoms with Gasteiger partial charge in [0.1, 0.15) is 23.6 Å². The topological polar surface area (TPSA) is 20.3 Å². The fraction of sp³-hybridized carbons (Fsp3) is 0.364. The second-order valence-electron chi connectivity index (χ2n) is 3.37. The lowest BCUT2D eigenvalue weighted by molar-refractivity contribution is 0.112. The van der Waals surface area contributed by atoms with Crippen molar-refractivity contribution in [2.24, 2.45) is 0 Å². The molecule has 0 amide bonds. The van der Waals surface area contributed by atoms with Crippen molar-refractivity contribution < 1.29 is 13.6 Å². The van der Waals surface area contributed by atoms with Gasteiger partial charge in [-0.3, -0.25) is 4.79 Å². The first-order valence-electron chi connectivity index (χ1n) is 4.74. The molecular weight excluding hydrogens is 232 g/mol. The van der Waals surface area contributed by atoms with Gasteiger partial charge in [0.2, 0.25) is 0 Å². The van der Waals surface area contributed by atoms with E-state index in [-0.39, 0.29) is 11.3 Å². The second kappa shape index (κ2) is 5.84. The van der Waals surface area contributed by atoms with Crippen LogP contribution in [0.1, 0.15) is 10.4 Å². The van der Waals surface area contributed by atoms with E-state index in [2.05, 4.69) is 0 Å².